The monoisotopic (exact) mass is 249 g/mol. The van der Waals surface area contributed by atoms with Gasteiger partial charge in [0, 0.05) is 0 Å². The number of para-hydroxylation sites is 1. The van der Waals surface area contributed by atoms with Crippen molar-refractivity contribution in [3.05, 3.63) is 30.3 Å². The first-order valence-electron chi connectivity index (χ1n) is 3.07. The Kier molecular flexibility index (Phi) is 4.70. The van der Waals surface area contributed by atoms with E-state index in [2.05, 4.69) is 16.1 Å². The van der Waals surface area contributed by atoms with Gasteiger partial charge in [0.05, 0.1) is 21.8 Å². The molecule has 0 aromatic heterocycles. The van der Waals surface area contributed by atoms with Gasteiger partial charge in [0.25, 0.3) is 0 Å². The molecule has 12 heavy (non-hydrogen) atoms. The molecule has 0 amide bonds. The lowest BCUT2D eigenvalue weighted by molar-refractivity contribution is 1.36. The molecule has 3 nitrogen and oxygen atoms in total. The SMILES string of the molecule is Cl.N=C(N)N(Br)c1ccccc1. The lowest BCUT2D eigenvalue weighted by Gasteiger charge is -2.12. The topological polar surface area (TPSA) is 53.1 Å². The maximum atomic E-state index is 7.09. The molecule has 0 spiro atoms. The molecule has 1 aromatic carbocycles. The summed E-state index contributed by atoms with van der Waals surface area (Å²) in [5, 5.41) is 7.09. The zero-order valence-corrected chi connectivity index (χ0v) is 8.60. The minimum Gasteiger partial charge on any atom is -0.369 e. The van der Waals surface area contributed by atoms with Crippen molar-refractivity contribution in [1.82, 2.24) is 0 Å². The summed E-state index contributed by atoms with van der Waals surface area (Å²) < 4.78 is 1.42. The molecule has 5 heteroatoms. The first-order valence-corrected chi connectivity index (χ1v) is 3.77. The first kappa shape index (κ1) is 11.3. The van der Waals surface area contributed by atoms with Gasteiger partial charge in [0.2, 0.25) is 5.96 Å². The van der Waals surface area contributed by atoms with Crippen molar-refractivity contribution in [3.63, 3.8) is 0 Å². The van der Waals surface area contributed by atoms with Gasteiger partial charge in [-0.1, -0.05) is 18.2 Å². The Morgan fingerprint density at radius 1 is 1.33 bits per heavy atom. The number of guanidine groups is 1. The maximum Gasteiger partial charge on any atom is 0.203 e. The summed E-state index contributed by atoms with van der Waals surface area (Å²) in [6, 6.07) is 9.38. The predicted octanol–water partition coefficient (Wildman–Crippen LogP) is 2.12. The molecule has 1 rings (SSSR count). The van der Waals surface area contributed by atoms with Gasteiger partial charge < -0.3 is 5.73 Å². The van der Waals surface area contributed by atoms with Crippen LogP contribution < -0.4 is 9.66 Å². The van der Waals surface area contributed by atoms with E-state index in [0.29, 0.717) is 0 Å². The number of hydrogen-bond acceptors (Lipinski definition) is 1. The molecular weight excluding hydrogens is 241 g/mol. The minimum atomic E-state index is -0.0313. The molecule has 0 saturated carbocycles. The number of hydrogen-bond donors (Lipinski definition) is 2. The van der Waals surface area contributed by atoms with Crippen molar-refractivity contribution in [2.24, 2.45) is 5.73 Å². The average Bonchev–Trinajstić information content (AvgIpc) is 2.05. The van der Waals surface area contributed by atoms with E-state index >= 15 is 0 Å². The van der Waals surface area contributed by atoms with Crippen LogP contribution in [0.3, 0.4) is 0 Å². The van der Waals surface area contributed by atoms with Crippen molar-refractivity contribution in [1.29, 1.82) is 5.41 Å². The second kappa shape index (κ2) is 5.00. The van der Waals surface area contributed by atoms with Crippen LogP contribution in [-0.2, 0) is 0 Å². The maximum absolute atomic E-state index is 7.09. The van der Waals surface area contributed by atoms with Crippen LogP contribution in [-0.4, -0.2) is 5.96 Å². The van der Waals surface area contributed by atoms with E-state index in [1.165, 1.54) is 3.93 Å². The fourth-order valence-corrected chi connectivity index (χ4v) is 0.934. The average molecular weight is 251 g/mol. The highest BCUT2D eigenvalue weighted by molar-refractivity contribution is 9.10. The van der Waals surface area contributed by atoms with Gasteiger partial charge in [-0.15, -0.1) is 12.4 Å². The molecular formula is C7H9BrClN3. The third-order valence-corrected chi connectivity index (χ3v) is 1.99. The van der Waals surface area contributed by atoms with Crippen LogP contribution in [0.1, 0.15) is 0 Å². The summed E-state index contributed by atoms with van der Waals surface area (Å²) in [7, 11) is 0. The van der Waals surface area contributed by atoms with E-state index in [1.54, 1.807) is 0 Å². The molecule has 1 aromatic rings. The molecule has 0 heterocycles. The Morgan fingerprint density at radius 3 is 2.25 bits per heavy atom. The summed E-state index contributed by atoms with van der Waals surface area (Å²) in [5.41, 5.74) is 6.08. The lowest BCUT2D eigenvalue weighted by atomic mass is 10.3. The fraction of sp³-hybridized carbons (Fsp3) is 0. The van der Waals surface area contributed by atoms with E-state index in [9.17, 15) is 0 Å². The number of nitrogens with two attached hydrogens (primary N) is 1. The fourth-order valence-electron chi connectivity index (χ4n) is 0.698. The van der Waals surface area contributed by atoms with Gasteiger partial charge in [-0.05, 0) is 12.1 Å². The van der Waals surface area contributed by atoms with Crippen molar-refractivity contribution in [2.45, 2.75) is 0 Å². The van der Waals surface area contributed by atoms with Crippen molar-refractivity contribution in [2.75, 3.05) is 3.93 Å². The Bertz CT molecular complexity index is 252. The molecule has 0 atom stereocenters. The van der Waals surface area contributed by atoms with Gasteiger partial charge >= 0.3 is 0 Å². The normalized spacial score (nSPS) is 8.42. The second-order valence-corrected chi connectivity index (χ2v) is 2.71. The molecule has 66 valence electrons. The summed E-state index contributed by atoms with van der Waals surface area (Å²) in [6.45, 7) is 0. The molecule has 0 aliphatic carbocycles. The number of rotatable bonds is 1. The molecule has 0 saturated heterocycles. The molecule has 0 aliphatic rings. The van der Waals surface area contributed by atoms with Crippen LogP contribution in [0, 0.1) is 5.41 Å². The quantitative estimate of drug-likeness (QED) is 0.456. The highest BCUT2D eigenvalue weighted by Crippen LogP contribution is 2.15. The Balaban J connectivity index is 0.00000121. The Labute approximate surface area is 85.8 Å². The molecule has 0 fully saturated rings. The smallest absolute Gasteiger partial charge is 0.203 e. The lowest BCUT2D eigenvalue weighted by Crippen LogP contribution is -2.27. The molecule has 0 unspecified atom stereocenters. The summed E-state index contributed by atoms with van der Waals surface area (Å²) in [6.07, 6.45) is 0. The van der Waals surface area contributed by atoms with Crippen LogP contribution in [0.4, 0.5) is 5.69 Å². The summed E-state index contributed by atoms with van der Waals surface area (Å²) in [4.78, 5) is 0. The van der Waals surface area contributed by atoms with Crippen LogP contribution in [0.25, 0.3) is 0 Å². The zero-order valence-electron chi connectivity index (χ0n) is 6.20. The van der Waals surface area contributed by atoms with Gasteiger partial charge in [-0.2, -0.15) is 0 Å². The van der Waals surface area contributed by atoms with Crippen molar-refractivity contribution >= 4 is 40.2 Å². The van der Waals surface area contributed by atoms with Crippen LogP contribution >= 0.6 is 28.6 Å². The van der Waals surface area contributed by atoms with E-state index < -0.39 is 0 Å². The number of anilines is 1. The largest absolute Gasteiger partial charge is 0.369 e. The number of halogens is 2. The summed E-state index contributed by atoms with van der Waals surface area (Å²) >= 11 is 3.13. The van der Waals surface area contributed by atoms with Crippen LogP contribution in [0.15, 0.2) is 30.3 Å². The standard InChI is InChI=1S/C7H8BrN3.ClH/c8-11(7(9)10)6-4-2-1-3-5-6;/h1-5H,(H3,9,10);1H. The number of nitrogens with one attached hydrogen (secondary N) is 1. The Morgan fingerprint density at radius 2 is 1.83 bits per heavy atom. The van der Waals surface area contributed by atoms with Crippen molar-refractivity contribution in [3.8, 4) is 0 Å². The van der Waals surface area contributed by atoms with Gasteiger partial charge in [0.1, 0.15) is 0 Å². The van der Waals surface area contributed by atoms with E-state index in [1.807, 2.05) is 30.3 Å². The zero-order chi connectivity index (χ0) is 8.27. The third kappa shape index (κ3) is 2.71. The highest BCUT2D eigenvalue weighted by atomic mass is 79.9. The molecule has 0 aliphatic heterocycles. The number of nitrogens with zero attached hydrogens (tertiary/aromatic N) is 1. The number of benzene rings is 1. The third-order valence-electron chi connectivity index (χ3n) is 1.19. The second-order valence-electron chi connectivity index (χ2n) is 2.00. The van der Waals surface area contributed by atoms with Crippen LogP contribution in [0.2, 0.25) is 0 Å². The van der Waals surface area contributed by atoms with Gasteiger partial charge in [0.15, 0.2) is 0 Å². The minimum absolute atomic E-state index is 0. The predicted molar refractivity (Wildman–Crippen MR) is 57.0 cm³/mol. The first-order chi connectivity index (χ1) is 5.22. The molecule has 0 bridgehead atoms. The Hall–Kier alpha value is -0.740. The summed E-state index contributed by atoms with van der Waals surface area (Å²) in [5.74, 6) is -0.0313. The van der Waals surface area contributed by atoms with Gasteiger partial charge in [-0.3, -0.25) is 5.41 Å². The highest BCUT2D eigenvalue weighted by Gasteiger charge is 2.02. The van der Waals surface area contributed by atoms with E-state index in [4.69, 9.17) is 11.1 Å². The van der Waals surface area contributed by atoms with E-state index in [-0.39, 0.29) is 18.4 Å². The van der Waals surface area contributed by atoms with E-state index in [0.717, 1.165) is 5.69 Å². The van der Waals surface area contributed by atoms with Gasteiger partial charge in [-0.25, -0.2) is 3.93 Å². The molecule has 0 radical (unpaired) electrons. The van der Waals surface area contributed by atoms with Crippen molar-refractivity contribution < 1.29 is 0 Å². The van der Waals surface area contributed by atoms with Crippen LogP contribution in [0.5, 0.6) is 0 Å². The molecule has 3 N–H and O–H groups in total.